The molecule has 2 heterocycles. The predicted octanol–water partition coefficient (Wildman–Crippen LogP) is 4.31. The molecule has 0 aromatic heterocycles. The molecule has 1 fully saturated rings. The molecule has 0 radical (unpaired) electrons. The molecule has 0 saturated carbocycles. The lowest BCUT2D eigenvalue weighted by atomic mass is 9.93. The number of ketones is 1. The summed E-state index contributed by atoms with van der Waals surface area (Å²) in [5.74, 6) is 0.808. The third-order valence-corrected chi connectivity index (χ3v) is 6.58. The first-order valence-electron chi connectivity index (χ1n) is 8.81. The summed E-state index contributed by atoms with van der Waals surface area (Å²) in [6.45, 7) is 6.33. The number of nitrogens with zero attached hydrogens (tertiary/aromatic N) is 2. The summed E-state index contributed by atoms with van der Waals surface area (Å²) in [6.07, 6.45) is 6.34. The quantitative estimate of drug-likeness (QED) is 0.749. The molecule has 4 rings (SSSR count). The molecular weight excluding hydrogens is 316 g/mol. The van der Waals surface area contributed by atoms with E-state index in [1.54, 1.807) is 0 Å². The molecule has 0 N–H and O–H groups in total. The number of thioether (sulfide) groups is 1. The van der Waals surface area contributed by atoms with Crippen LogP contribution in [-0.2, 0) is 0 Å². The van der Waals surface area contributed by atoms with Gasteiger partial charge in [0.2, 0.25) is 0 Å². The highest BCUT2D eigenvalue weighted by Gasteiger charge is 2.33. The monoisotopic (exact) mass is 340 g/mol. The molecule has 2 atom stereocenters. The van der Waals surface area contributed by atoms with Crippen molar-refractivity contribution in [2.24, 2.45) is 5.92 Å². The van der Waals surface area contributed by atoms with Crippen molar-refractivity contribution in [2.45, 2.75) is 37.6 Å². The van der Waals surface area contributed by atoms with Crippen molar-refractivity contribution < 1.29 is 4.79 Å². The van der Waals surface area contributed by atoms with Crippen molar-refractivity contribution in [3.8, 4) is 0 Å². The number of benzene rings is 1. The lowest BCUT2D eigenvalue weighted by Gasteiger charge is -2.43. The Kier molecular flexibility index (Phi) is 4.05. The van der Waals surface area contributed by atoms with Crippen molar-refractivity contribution in [3.63, 3.8) is 0 Å². The Labute approximate surface area is 148 Å². The molecule has 3 nitrogen and oxygen atoms in total. The first-order chi connectivity index (χ1) is 11.6. The first-order valence-corrected chi connectivity index (χ1v) is 9.62. The molecule has 2 bridgehead atoms. The minimum absolute atomic E-state index is 0.223. The van der Waals surface area contributed by atoms with Gasteiger partial charge in [0.05, 0.1) is 5.69 Å². The summed E-state index contributed by atoms with van der Waals surface area (Å²) >= 11 is 1.85. The van der Waals surface area contributed by atoms with E-state index in [-0.39, 0.29) is 5.78 Å². The number of Topliss-reactive ketones (excluding diaryl/α,β-unsaturated/α-hetero) is 1. The molecule has 24 heavy (non-hydrogen) atoms. The molecule has 3 aliphatic rings. The molecule has 1 aliphatic carbocycles. The van der Waals surface area contributed by atoms with E-state index >= 15 is 0 Å². The van der Waals surface area contributed by atoms with E-state index in [1.165, 1.54) is 21.2 Å². The van der Waals surface area contributed by atoms with Crippen molar-refractivity contribution in [1.82, 2.24) is 4.90 Å². The molecular formula is C20H24N2OS. The molecule has 1 saturated heterocycles. The van der Waals surface area contributed by atoms with Crippen molar-refractivity contribution in [2.75, 3.05) is 25.0 Å². The van der Waals surface area contributed by atoms with Crippen LogP contribution >= 0.6 is 11.8 Å². The van der Waals surface area contributed by atoms with Crippen molar-refractivity contribution >= 4 is 23.2 Å². The lowest BCUT2D eigenvalue weighted by Crippen LogP contribution is -2.46. The van der Waals surface area contributed by atoms with Gasteiger partial charge in [0, 0.05) is 46.6 Å². The third-order valence-electron chi connectivity index (χ3n) is 5.42. The fraction of sp³-hybridized carbons (Fsp3) is 0.450. The second-order valence-corrected chi connectivity index (χ2v) is 8.18. The topological polar surface area (TPSA) is 23.6 Å². The van der Waals surface area contributed by atoms with E-state index in [0.717, 1.165) is 25.1 Å². The summed E-state index contributed by atoms with van der Waals surface area (Å²) in [5.41, 5.74) is 3.50. The number of likely N-dealkylation sites (N-methyl/N-ethyl adjacent to an activating group) is 1. The number of allylic oxidation sites excluding steroid dienone is 2. The Morgan fingerprint density at radius 2 is 2.17 bits per heavy atom. The molecule has 2 aliphatic heterocycles. The number of carbonyl (C=O) groups is 1. The van der Waals surface area contributed by atoms with Crippen molar-refractivity contribution in [3.05, 3.63) is 46.5 Å². The van der Waals surface area contributed by atoms with E-state index in [0.29, 0.717) is 18.4 Å². The summed E-state index contributed by atoms with van der Waals surface area (Å²) in [6, 6.07) is 6.70. The van der Waals surface area contributed by atoms with Gasteiger partial charge in [-0.05, 0) is 38.4 Å². The zero-order chi connectivity index (χ0) is 16.8. The lowest BCUT2D eigenvalue weighted by molar-refractivity contribution is 0.0988. The molecule has 0 amide bonds. The zero-order valence-electron chi connectivity index (χ0n) is 14.6. The normalized spacial score (nSPS) is 26.0. The largest absolute Gasteiger partial charge is 0.341 e. The summed E-state index contributed by atoms with van der Waals surface area (Å²) in [5, 5.41) is 0. The van der Waals surface area contributed by atoms with Gasteiger partial charge in [-0.2, -0.15) is 0 Å². The highest BCUT2D eigenvalue weighted by molar-refractivity contribution is 8.03. The van der Waals surface area contributed by atoms with Crippen LogP contribution in [0.25, 0.3) is 0 Å². The maximum atomic E-state index is 12.2. The van der Waals surface area contributed by atoms with Gasteiger partial charge in [-0.15, -0.1) is 0 Å². The van der Waals surface area contributed by atoms with Crippen LogP contribution < -0.4 is 4.90 Å². The Hall–Kier alpha value is -1.52. The van der Waals surface area contributed by atoms with E-state index in [4.69, 9.17) is 0 Å². The van der Waals surface area contributed by atoms with Gasteiger partial charge in [0.25, 0.3) is 0 Å². The highest BCUT2D eigenvalue weighted by Crippen LogP contribution is 2.48. The standard InChI is InChI=1S/C20H24N2OS/c1-4-18(23)15-6-8-20-17(10-15)22-11-13(2)21(3)12-14-5-7-19(24-20)16(22)9-14/h5-8,10,13-14H,4,9,11-12H2,1-3H3. The number of carbonyl (C=O) groups excluding carboxylic acids is 1. The molecule has 0 spiro atoms. The molecule has 126 valence electrons. The fourth-order valence-electron chi connectivity index (χ4n) is 3.82. The predicted molar refractivity (Wildman–Crippen MR) is 101 cm³/mol. The van der Waals surface area contributed by atoms with E-state index in [2.05, 4.69) is 48.1 Å². The maximum absolute atomic E-state index is 12.2. The number of rotatable bonds is 2. The Morgan fingerprint density at radius 3 is 2.96 bits per heavy atom. The van der Waals surface area contributed by atoms with Gasteiger partial charge in [0.1, 0.15) is 0 Å². The highest BCUT2D eigenvalue weighted by atomic mass is 32.2. The van der Waals surface area contributed by atoms with Crippen LogP contribution in [0.2, 0.25) is 0 Å². The maximum Gasteiger partial charge on any atom is 0.162 e. The minimum Gasteiger partial charge on any atom is -0.341 e. The second kappa shape index (κ2) is 6.08. The first kappa shape index (κ1) is 16.0. The molecule has 1 aromatic rings. The van der Waals surface area contributed by atoms with Gasteiger partial charge in [0.15, 0.2) is 5.78 Å². The summed E-state index contributed by atoms with van der Waals surface area (Å²) in [4.78, 5) is 19.7. The average Bonchev–Trinajstić information content (AvgIpc) is 2.59. The van der Waals surface area contributed by atoms with Gasteiger partial charge < -0.3 is 9.80 Å². The van der Waals surface area contributed by atoms with Crippen LogP contribution in [0.15, 0.2) is 45.8 Å². The number of anilines is 1. The van der Waals surface area contributed by atoms with Gasteiger partial charge in [-0.1, -0.05) is 36.9 Å². The smallest absolute Gasteiger partial charge is 0.162 e. The van der Waals surface area contributed by atoms with E-state index < -0.39 is 0 Å². The summed E-state index contributed by atoms with van der Waals surface area (Å²) in [7, 11) is 2.22. The summed E-state index contributed by atoms with van der Waals surface area (Å²) < 4.78 is 0. The number of hydrogen-bond donors (Lipinski definition) is 0. The second-order valence-electron chi connectivity index (χ2n) is 7.09. The Morgan fingerprint density at radius 1 is 1.33 bits per heavy atom. The van der Waals surface area contributed by atoms with Crippen LogP contribution in [-0.4, -0.2) is 36.9 Å². The van der Waals surface area contributed by atoms with Crippen LogP contribution in [0.3, 0.4) is 0 Å². The Balaban J connectivity index is 1.80. The fourth-order valence-corrected chi connectivity index (χ4v) is 4.92. The van der Waals surface area contributed by atoms with Crippen LogP contribution in [0.1, 0.15) is 37.0 Å². The van der Waals surface area contributed by atoms with Crippen LogP contribution in [0, 0.1) is 5.92 Å². The van der Waals surface area contributed by atoms with E-state index in [9.17, 15) is 4.79 Å². The number of hydrogen-bond acceptors (Lipinski definition) is 4. The minimum atomic E-state index is 0.223. The molecule has 1 aromatic carbocycles. The van der Waals surface area contributed by atoms with Gasteiger partial charge >= 0.3 is 0 Å². The van der Waals surface area contributed by atoms with Crippen molar-refractivity contribution in [1.29, 1.82) is 0 Å². The number of fused-ring (bicyclic) bond motifs is 3. The van der Waals surface area contributed by atoms with Crippen LogP contribution in [0.5, 0.6) is 0 Å². The molecule has 2 unspecified atom stereocenters. The third kappa shape index (κ3) is 2.62. The zero-order valence-corrected chi connectivity index (χ0v) is 15.4. The Bertz CT molecular complexity index is 752. The van der Waals surface area contributed by atoms with Crippen LogP contribution in [0.4, 0.5) is 5.69 Å². The average molecular weight is 340 g/mol. The molecule has 4 heteroatoms. The van der Waals surface area contributed by atoms with E-state index in [1.807, 2.05) is 24.8 Å². The van der Waals surface area contributed by atoms with Gasteiger partial charge in [-0.25, -0.2) is 0 Å². The SMILES string of the molecule is CCC(=O)c1ccc2c(c1)N1CC(C)N(C)CC3C=CC(=C1C3)S2. The van der Waals surface area contributed by atoms with Gasteiger partial charge in [-0.3, -0.25) is 4.79 Å².